The van der Waals surface area contributed by atoms with Gasteiger partial charge >= 0.3 is 0 Å². The van der Waals surface area contributed by atoms with Gasteiger partial charge in [-0.25, -0.2) is 0 Å². The zero-order valence-corrected chi connectivity index (χ0v) is 17.2. The highest BCUT2D eigenvalue weighted by molar-refractivity contribution is 6.33. The van der Waals surface area contributed by atoms with Gasteiger partial charge in [-0.1, -0.05) is 28.9 Å². The molecule has 0 atom stereocenters. The molecule has 0 saturated heterocycles. The molecule has 5 rings (SSSR count). The largest absolute Gasteiger partial charge is 0.454 e. The summed E-state index contributed by atoms with van der Waals surface area (Å²) in [6.07, 6.45) is 1.78. The number of para-hydroxylation sites is 1. The van der Waals surface area contributed by atoms with E-state index in [-0.39, 0.29) is 19.2 Å². The minimum atomic E-state index is -0.218. The lowest BCUT2D eigenvalue weighted by Gasteiger charge is -2.11. The van der Waals surface area contributed by atoms with Crippen LogP contribution in [0.15, 0.2) is 59.3 Å². The fourth-order valence-corrected chi connectivity index (χ4v) is 3.62. The molecule has 0 spiro atoms. The molecule has 9 heteroatoms. The number of rotatable bonds is 5. The number of benzene rings is 2. The Balaban J connectivity index is 1.35. The SMILES string of the molecule is Cc1cccc(Cl)c1NC(=O)Cn1cccc1-c1nc(-c2ccc3c(c2)OCO3)no1. The summed E-state index contributed by atoms with van der Waals surface area (Å²) in [5, 5.41) is 7.42. The quantitative estimate of drug-likeness (QED) is 0.494. The lowest BCUT2D eigenvalue weighted by atomic mass is 10.2. The number of nitrogens with zero attached hydrogens (tertiary/aromatic N) is 3. The fourth-order valence-electron chi connectivity index (χ4n) is 3.35. The molecule has 2 aromatic carbocycles. The number of fused-ring (bicyclic) bond motifs is 1. The van der Waals surface area contributed by atoms with Crippen LogP contribution in [-0.2, 0) is 11.3 Å². The van der Waals surface area contributed by atoms with E-state index in [1.54, 1.807) is 29.0 Å². The Labute approximate surface area is 182 Å². The standard InChI is InChI=1S/C22H17ClN4O4/c1-13-4-2-5-15(23)20(13)24-19(28)11-27-9-3-6-16(27)22-25-21(26-31-22)14-7-8-17-18(10-14)30-12-29-17/h2-10H,11-12H2,1H3,(H,24,28). The van der Waals surface area contributed by atoms with E-state index in [0.29, 0.717) is 39.6 Å². The van der Waals surface area contributed by atoms with Crippen LogP contribution in [-0.4, -0.2) is 27.4 Å². The van der Waals surface area contributed by atoms with Crippen molar-refractivity contribution in [3.63, 3.8) is 0 Å². The average molecular weight is 437 g/mol. The molecule has 1 aliphatic heterocycles. The highest BCUT2D eigenvalue weighted by Gasteiger charge is 2.19. The van der Waals surface area contributed by atoms with Gasteiger partial charge in [0.15, 0.2) is 11.5 Å². The van der Waals surface area contributed by atoms with Gasteiger partial charge < -0.3 is 23.9 Å². The molecule has 1 aliphatic rings. The number of aromatic nitrogens is 3. The number of halogens is 1. The Hall–Kier alpha value is -3.78. The second-order valence-electron chi connectivity index (χ2n) is 6.99. The van der Waals surface area contributed by atoms with Gasteiger partial charge in [-0.15, -0.1) is 0 Å². The second kappa shape index (κ2) is 7.81. The first-order chi connectivity index (χ1) is 15.1. The molecule has 3 heterocycles. The number of aryl methyl sites for hydroxylation is 1. The molecule has 4 aromatic rings. The van der Waals surface area contributed by atoms with Crippen molar-refractivity contribution in [3.8, 4) is 34.5 Å². The van der Waals surface area contributed by atoms with Crippen LogP contribution >= 0.6 is 11.6 Å². The molecular weight excluding hydrogens is 420 g/mol. The van der Waals surface area contributed by atoms with Crippen molar-refractivity contribution in [2.24, 2.45) is 0 Å². The van der Waals surface area contributed by atoms with Crippen molar-refractivity contribution in [1.29, 1.82) is 0 Å². The van der Waals surface area contributed by atoms with Crippen LogP contribution in [0.4, 0.5) is 5.69 Å². The van der Waals surface area contributed by atoms with Crippen molar-refractivity contribution in [2.45, 2.75) is 13.5 Å². The molecule has 0 unspecified atom stereocenters. The van der Waals surface area contributed by atoms with Crippen molar-refractivity contribution < 1.29 is 18.8 Å². The Morgan fingerprint density at radius 2 is 2.03 bits per heavy atom. The lowest BCUT2D eigenvalue weighted by molar-refractivity contribution is -0.116. The maximum atomic E-state index is 12.6. The van der Waals surface area contributed by atoms with E-state index >= 15 is 0 Å². The number of carbonyl (C=O) groups is 1. The average Bonchev–Trinajstić information content (AvgIpc) is 3.50. The van der Waals surface area contributed by atoms with Gasteiger partial charge in [-0.05, 0) is 48.9 Å². The molecule has 0 radical (unpaired) electrons. The molecule has 0 saturated carbocycles. The van der Waals surface area contributed by atoms with Gasteiger partial charge in [0.1, 0.15) is 12.2 Å². The maximum Gasteiger partial charge on any atom is 0.274 e. The smallest absolute Gasteiger partial charge is 0.274 e. The molecule has 1 amide bonds. The van der Waals surface area contributed by atoms with E-state index < -0.39 is 0 Å². The minimum absolute atomic E-state index is 0.0642. The second-order valence-corrected chi connectivity index (χ2v) is 7.40. The van der Waals surface area contributed by atoms with Crippen molar-refractivity contribution >= 4 is 23.2 Å². The highest BCUT2D eigenvalue weighted by atomic mass is 35.5. The summed E-state index contributed by atoms with van der Waals surface area (Å²) in [4.78, 5) is 17.1. The van der Waals surface area contributed by atoms with Crippen LogP contribution in [0.2, 0.25) is 5.02 Å². The number of carbonyl (C=O) groups excluding carboxylic acids is 1. The van der Waals surface area contributed by atoms with Crippen LogP contribution in [0, 0.1) is 6.92 Å². The third-order valence-electron chi connectivity index (χ3n) is 4.91. The summed E-state index contributed by atoms with van der Waals surface area (Å²) in [6.45, 7) is 2.15. The van der Waals surface area contributed by atoms with Gasteiger partial charge in [0.25, 0.3) is 5.89 Å². The van der Waals surface area contributed by atoms with Crippen LogP contribution in [0.5, 0.6) is 11.5 Å². The minimum Gasteiger partial charge on any atom is -0.454 e. The third-order valence-corrected chi connectivity index (χ3v) is 5.22. The first kappa shape index (κ1) is 19.2. The van der Waals surface area contributed by atoms with E-state index in [2.05, 4.69) is 15.5 Å². The molecular formula is C22H17ClN4O4. The first-order valence-corrected chi connectivity index (χ1v) is 9.90. The summed E-state index contributed by atoms with van der Waals surface area (Å²) in [7, 11) is 0. The van der Waals surface area contributed by atoms with Crippen molar-refractivity contribution in [3.05, 3.63) is 65.3 Å². The Bertz CT molecular complexity index is 1260. The summed E-state index contributed by atoms with van der Waals surface area (Å²) in [6, 6.07) is 14.5. The summed E-state index contributed by atoms with van der Waals surface area (Å²) in [5.74, 6) is 1.82. The Morgan fingerprint density at radius 1 is 1.16 bits per heavy atom. The van der Waals surface area contributed by atoms with Crippen LogP contribution in [0.25, 0.3) is 23.0 Å². The molecule has 156 valence electrons. The number of anilines is 1. The summed E-state index contributed by atoms with van der Waals surface area (Å²) >= 11 is 6.21. The van der Waals surface area contributed by atoms with E-state index in [9.17, 15) is 4.79 Å². The van der Waals surface area contributed by atoms with Crippen LogP contribution in [0.3, 0.4) is 0 Å². The Morgan fingerprint density at radius 3 is 2.90 bits per heavy atom. The molecule has 0 fully saturated rings. The van der Waals surface area contributed by atoms with Crippen LogP contribution < -0.4 is 14.8 Å². The van der Waals surface area contributed by atoms with Gasteiger partial charge in [0.2, 0.25) is 18.5 Å². The zero-order valence-electron chi connectivity index (χ0n) is 16.5. The molecule has 8 nitrogen and oxygen atoms in total. The number of hydrogen-bond acceptors (Lipinski definition) is 6. The predicted molar refractivity (Wildman–Crippen MR) is 114 cm³/mol. The molecule has 2 aromatic heterocycles. The number of ether oxygens (including phenoxy) is 2. The van der Waals surface area contributed by atoms with Crippen molar-refractivity contribution in [1.82, 2.24) is 14.7 Å². The van der Waals surface area contributed by atoms with Crippen LogP contribution in [0.1, 0.15) is 5.56 Å². The summed E-state index contributed by atoms with van der Waals surface area (Å²) in [5.41, 5.74) is 2.86. The number of nitrogens with one attached hydrogen (secondary N) is 1. The normalized spacial score (nSPS) is 12.2. The lowest BCUT2D eigenvalue weighted by Crippen LogP contribution is -2.19. The highest BCUT2D eigenvalue weighted by Crippen LogP contribution is 2.35. The number of hydrogen-bond donors (Lipinski definition) is 1. The predicted octanol–water partition coefficient (Wildman–Crippen LogP) is 4.53. The Kier molecular flexibility index (Phi) is 4.83. The van der Waals surface area contributed by atoms with E-state index in [4.69, 9.17) is 25.6 Å². The molecule has 0 aliphatic carbocycles. The number of amides is 1. The molecule has 1 N–H and O–H groups in total. The molecule has 0 bridgehead atoms. The zero-order chi connectivity index (χ0) is 21.4. The van der Waals surface area contributed by atoms with Gasteiger partial charge in [0, 0.05) is 11.8 Å². The fraction of sp³-hybridized carbons (Fsp3) is 0.136. The summed E-state index contributed by atoms with van der Waals surface area (Å²) < 4.78 is 17.9. The topological polar surface area (TPSA) is 91.4 Å². The van der Waals surface area contributed by atoms with Crippen molar-refractivity contribution in [2.75, 3.05) is 12.1 Å². The third kappa shape index (κ3) is 3.73. The van der Waals surface area contributed by atoms with Gasteiger partial charge in [-0.2, -0.15) is 4.98 Å². The van der Waals surface area contributed by atoms with Gasteiger partial charge in [-0.3, -0.25) is 4.79 Å². The maximum absolute atomic E-state index is 12.6. The van der Waals surface area contributed by atoms with E-state index in [0.717, 1.165) is 11.1 Å². The monoisotopic (exact) mass is 436 g/mol. The van der Waals surface area contributed by atoms with E-state index in [1.165, 1.54) is 0 Å². The van der Waals surface area contributed by atoms with Gasteiger partial charge in [0.05, 0.1) is 10.7 Å². The molecule has 31 heavy (non-hydrogen) atoms. The van der Waals surface area contributed by atoms with E-state index in [1.807, 2.05) is 37.3 Å². The first-order valence-electron chi connectivity index (χ1n) is 9.53.